The van der Waals surface area contributed by atoms with Gasteiger partial charge in [0.05, 0.1) is 46.6 Å². The van der Waals surface area contributed by atoms with Crippen LogP contribution < -0.4 is 0 Å². The second-order valence-corrected chi connectivity index (χ2v) is 10.2. The molecule has 5 atom stereocenters. The average molecular weight is 432 g/mol. The van der Waals surface area contributed by atoms with Crippen molar-refractivity contribution in [3.8, 4) is 0 Å². The van der Waals surface area contributed by atoms with Crippen molar-refractivity contribution in [2.45, 2.75) is 90.1 Å². The Morgan fingerprint density at radius 3 is 2.19 bits per heavy atom. The molecule has 0 saturated carbocycles. The van der Waals surface area contributed by atoms with Gasteiger partial charge in [-0.2, -0.15) is 0 Å². The molecule has 170 valence electrons. The molecule has 1 N–H and O–H groups in total. The SMILES string of the molecule is CCCC(C)(C)O[C@@H]1OC(CO)C2(C)C(OC2(C)C)C1N1C(=O)c2ccccc2C1=O. The molecule has 7 nitrogen and oxygen atoms in total. The number of imide groups is 1. The molecule has 3 heterocycles. The summed E-state index contributed by atoms with van der Waals surface area (Å²) in [7, 11) is 0. The molecule has 2 amide bonds. The molecule has 0 aromatic heterocycles. The van der Waals surface area contributed by atoms with Gasteiger partial charge >= 0.3 is 0 Å². The van der Waals surface area contributed by atoms with Crippen molar-refractivity contribution in [2.75, 3.05) is 6.61 Å². The minimum Gasteiger partial charge on any atom is -0.394 e. The Kier molecular flexibility index (Phi) is 5.33. The lowest BCUT2D eigenvalue weighted by atomic mass is 9.58. The number of carbonyl (C=O) groups is 2. The highest BCUT2D eigenvalue weighted by atomic mass is 16.7. The molecule has 4 rings (SSSR count). The number of carbonyl (C=O) groups excluding carboxylic acids is 2. The maximum atomic E-state index is 13.3. The van der Waals surface area contributed by atoms with E-state index >= 15 is 0 Å². The van der Waals surface area contributed by atoms with Crippen LogP contribution in [-0.4, -0.2) is 64.2 Å². The maximum Gasteiger partial charge on any atom is 0.262 e. The maximum absolute atomic E-state index is 13.3. The van der Waals surface area contributed by atoms with Gasteiger partial charge in [0, 0.05) is 0 Å². The fourth-order valence-corrected chi connectivity index (χ4v) is 5.41. The Labute approximate surface area is 183 Å². The molecule has 3 aliphatic rings. The van der Waals surface area contributed by atoms with Gasteiger partial charge in [0.1, 0.15) is 6.04 Å². The van der Waals surface area contributed by atoms with Crippen LogP contribution in [0.4, 0.5) is 0 Å². The smallest absolute Gasteiger partial charge is 0.262 e. The van der Waals surface area contributed by atoms with E-state index in [0.717, 1.165) is 12.8 Å². The topological polar surface area (TPSA) is 85.3 Å². The van der Waals surface area contributed by atoms with Gasteiger partial charge in [0.25, 0.3) is 11.8 Å². The number of benzene rings is 1. The van der Waals surface area contributed by atoms with Crippen molar-refractivity contribution in [3.05, 3.63) is 35.4 Å². The van der Waals surface area contributed by atoms with E-state index in [1.807, 2.05) is 34.6 Å². The zero-order valence-corrected chi connectivity index (χ0v) is 19.2. The number of rotatable bonds is 6. The van der Waals surface area contributed by atoms with Crippen molar-refractivity contribution in [3.63, 3.8) is 0 Å². The van der Waals surface area contributed by atoms with Crippen molar-refractivity contribution in [2.24, 2.45) is 5.41 Å². The standard InChI is InChI=1S/C24H33NO6/c1-7-12-22(2,3)31-21-17(18-24(6,16(13-26)29-21)23(4,5)30-18)25-19(27)14-10-8-9-11-15(14)20(25)28/h8-11,16-18,21,26H,7,12-13H2,1-6H3/t16?,17?,18?,21-,24?/m0/s1. The molecule has 2 saturated heterocycles. The van der Waals surface area contributed by atoms with Gasteiger partial charge in [-0.1, -0.05) is 32.4 Å². The summed E-state index contributed by atoms with van der Waals surface area (Å²) in [6.07, 6.45) is -0.283. The molecule has 1 aromatic carbocycles. The van der Waals surface area contributed by atoms with Gasteiger partial charge in [-0.25, -0.2) is 0 Å². The molecule has 4 unspecified atom stereocenters. The highest BCUT2D eigenvalue weighted by Crippen LogP contribution is 2.58. The summed E-state index contributed by atoms with van der Waals surface area (Å²) in [5.74, 6) is -0.733. The summed E-state index contributed by atoms with van der Waals surface area (Å²) < 4.78 is 19.0. The second kappa shape index (κ2) is 7.37. The lowest BCUT2D eigenvalue weighted by Crippen LogP contribution is -2.81. The first-order valence-corrected chi connectivity index (χ1v) is 11.1. The van der Waals surface area contributed by atoms with Crippen molar-refractivity contribution < 1.29 is 28.9 Å². The van der Waals surface area contributed by atoms with E-state index in [0.29, 0.717) is 11.1 Å². The number of aliphatic hydroxyl groups is 1. The van der Waals surface area contributed by atoms with E-state index in [4.69, 9.17) is 14.2 Å². The number of hydrogen-bond donors (Lipinski definition) is 1. The normalized spacial score (nSPS) is 34.4. The first-order valence-electron chi connectivity index (χ1n) is 11.1. The summed E-state index contributed by atoms with van der Waals surface area (Å²) in [5.41, 5.74) is -0.974. The van der Waals surface area contributed by atoms with Crippen LogP contribution in [0.3, 0.4) is 0 Å². The zero-order chi connectivity index (χ0) is 22.8. The lowest BCUT2D eigenvalue weighted by Gasteiger charge is -2.68. The third kappa shape index (κ3) is 3.17. The van der Waals surface area contributed by atoms with Crippen LogP contribution in [0, 0.1) is 5.41 Å². The predicted octanol–water partition coefficient (Wildman–Crippen LogP) is 3.15. The average Bonchev–Trinajstić information content (AvgIpc) is 2.95. The molecule has 31 heavy (non-hydrogen) atoms. The Bertz CT molecular complexity index is 861. The Balaban J connectivity index is 1.76. The number of amides is 2. The van der Waals surface area contributed by atoms with E-state index < -0.39 is 41.2 Å². The molecular formula is C24H33NO6. The Morgan fingerprint density at radius 2 is 1.71 bits per heavy atom. The monoisotopic (exact) mass is 431 g/mol. The minimum atomic E-state index is -0.907. The van der Waals surface area contributed by atoms with Crippen LogP contribution in [0.25, 0.3) is 0 Å². The molecule has 0 bridgehead atoms. The highest BCUT2D eigenvalue weighted by Gasteiger charge is 2.72. The molecule has 7 heteroatoms. The molecule has 0 radical (unpaired) electrons. The van der Waals surface area contributed by atoms with Crippen LogP contribution >= 0.6 is 0 Å². The van der Waals surface area contributed by atoms with Gasteiger partial charge in [0.15, 0.2) is 6.29 Å². The first kappa shape index (κ1) is 22.4. The molecule has 0 spiro atoms. The van der Waals surface area contributed by atoms with Crippen LogP contribution in [0.15, 0.2) is 24.3 Å². The minimum absolute atomic E-state index is 0.206. The summed E-state index contributed by atoms with van der Waals surface area (Å²) in [6.45, 7) is 11.7. The first-order chi connectivity index (χ1) is 14.5. The number of hydrogen-bond acceptors (Lipinski definition) is 6. The largest absolute Gasteiger partial charge is 0.394 e. The van der Waals surface area contributed by atoms with E-state index in [9.17, 15) is 14.7 Å². The van der Waals surface area contributed by atoms with Crippen molar-refractivity contribution >= 4 is 11.8 Å². The second-order valence-electron chi connectivity index (χ2n) is 10.2. The number of ether oxygens (including phenoxy) is 3. The fraction of sp³-hybridized carbons (Fsp3) is 0.667. The van der Waals surface area contributed by atoms with Crippen LogP contribution in [0.5, 0.6) is 0 Å². The zero-order valence-electron chi connectivity index (χ0n) is 19.2. The third-order valence-corrected chi connectivity index (χ3v) is 7.44. The molecular weight excluding hydrogens is 398 g/mol. The quantitative estimate of drug-likeness (QED) is 0.697. The summed E-state index contributed by atoms with van der Waals surface area (Å²) in [4.78, 5) is 27.9. The number of nitrogens with zero attached hydrogens (tertiary/aromatic N) is 1. The predicted molar refractivity (Wildman–Crippen MR) is 114 cm³/mol. The van der Waals surface area contributed by atoms with E-state index in [1.54, 1.807) is 24.3 Å². The molecule has 3 aliphatic heterocycles. The van der Waals surface area contributed by atoms with E-state index in [2.05, 4.69) is 6.92 Å². The summed E-state index contributed by atoms with van der Waals surface area (Å²) in [5, 5.41) is 10.1. The van der Waals surface area contributed by atoms with Crippen LogP contribution in [0.2, 0.25) is 0 Å². The molecule has 1 aromatic rings. The fourth-order valence-electron chi connectivity index (χ4n) is 5.41. The van der Waals surface area contributed by atoms with Crippen LogP contribution in [0.1, 0.15) is 75.1 Å². The Morgan fingerprint density at radius 1 is 1.13 bits per heavy atom. The van der Waals surface area contributed by atoms with Crippen LogP contribution in [-0.2, 0) is 14.2 Å². The van der Waals surface area contributed by atoms with Gasteiger partial charge in [-0.05, 0) is 46.2 Å². The lowest BCUT2D eigenvalue weighted by molar-refractivity contribution is -0.416. The van der Waals surface area contributed by atoms with Crippen molar-refractivity contribution in [1.82, 2.24) is 4.90 Å². The van der Waals surface area contributed by atoms with Gasteiger partial charge in [0.2, 0.25) is 0 Å². The van der Waals surface area contributed by atoms with Crippen molar-refractivity contribution in [1.29, 1.82) is 0 Å². The number of fused-ring (bicyclic) bond motifs is 2. The third-order valence-electron chi connectivity index (χ3n) is 7.44. The molecule has 2 fully saturated rings. The van der Waals surface area contributed by atoms with Gasteiger partial charge in [-0.15, -0.1) is 0 Å². The van der Waals surface area contributed by atoms with E-state index in [-0.39, 0.29) is 18.4 Å². The highest BCUT2D eigenvalue weighted by molar-refractivity contribution is 6.21. The number of aliphatic hydroxyl groups excluding tert-OH is 1. The van der Waals surface area contributed by atoms with Gasteiger partial charge in [-0.3, -0.25) is 14.5 Å². The summed E-state index contributed by atoms with van der Waals surface area (Å²) >= 11 is 0. The summed E-state index contributed by atoms with van der Waals surface area (Å²) in [6, 6.07) is 6.06. The van der Waals surface area contributed by atoms with Gasteiger partial charge < -0.3 is 19.3 Å². The Hall–Kier alpha value is -1.80. The molecule has 0 aliphatic carbocycles. The van der Waals surface area contributed by atoms with E-state index in [1.165, 1.54) is 4.90 Å².